The molecule has 3 aromatic rings. The molecule has 134 valence electrons. The third-order valence-corrected chi connectivity index (χ3v) is 4.44. The van der Waals surface area contributed by atoms with Crippen molar-refractivity contribution < 1.29 is 18.1 Å². The summed E-state index contributed by atoms with van der Waals surface area (Å²) >= 11 is 0. The average Bonchev–Trinajstić information content (AvgIpc) is 3.18. The van der Waals surface area contributed by atoms with Crippen molar-refractivity contribution in [2.24, 2.45) is 7.05 Å². The van der Waals surface area contributed by atoms with Crippen molar-refractivity contribution in [2.75, 3.05) is 6.54 Å². The lowest BCUT2D eigenvalue weighted by Crippen LogP contribution is -2.37. The van der Waals surface area contributed by atoms with Crippen LogP contribution in [0.15, 0.2) is 22.7 Å². The van der Waals surface area contributed by atoms with Gasteiger partial charge in [0.1, 0.15) is 17.2 Å². The minimum absolute atomic E-state index is 0.159. The summed E-state index contributed by atoms with van der Waals surface area (Å²) in [4.78, 5) is 18.3. The zero-order valence-electron chi connectivity index (χ0n) is 14.2. The fourth-order valence-electron chi connectivity index (χ4n) is 3.19. The zero-order valence-corrected chi connectivity index (χ0v) is 14.2. The Hall–Kier alpha value is -3.10. The Morgan fingerprint density at radius 3 is 2.65 bits per heavy atom. The number of benzene rings is 1. The van der Waals surface area contributed by atoms with Crippen molar-refractivity contribution in [1.29, 1.82) is 0 Å². The van der Waals surface area contributed by atoms with E-state index in [-0.39, 0.29) is 12.4 Å². The molecule has 0 bridgehead atoms. The third kappa shape index (κ3) is 2.56. The van der Waals surface area contributed by atoms with Crippen LogP contribution in [0.1, 0.15) is 27.4 Å². The van der Waals surface area contributed by atoms with Crippen LogP contribution in [0.25, 0.3) is 11.6 Å². The van der Waals surface area contributed by atoms with Crippen LogP contribution >= 0.6 is 0 Å². The van der Waals surface area contributed by atoms with E-state index in [1.807, 2.05) is 0 Å². The minimum Gasteiger partial charge on any atom is -0.334 e. The first-order valence-corrected chi connectivity index (χ1v) is 8.04. The number of nitrogens with zero attached hydrogens (tertiary/aromatic N) is 5. The molecule has 7 nitrogen and oxygen atoms in total. The van der Waals surface area contributed by atoms with Crippen molar-refractivity contribution >= 4 is 5.91 Å². The lowest BCUT2D eigenvalue weighted by Gasteiger charge is -2.27. The van der Waals surface area contributed by atoms with E-state index in [1.165, 1.54) is 11.0 Å². The maximum absolute atomic E-state index is 14.0. The zero-order chi connectivity index (χ0) is 18.4. The molecule has 0 unspecified atom stereocenters. The molecule has 1 aromatic carbocycles. The number of carbonyl (C=O) groups excluding carboxylic acids is 1. The van der Waals surface area contributed by atoms with Crippen LogP contribution in [0.4, 0.5) is 8.78 Å². The maximum atomic E-state index is 14.0. The Morgan fingerprint density at radius 1 is 1.27 bits per heavy atom. The van der Waals surface area contributed by atoms with Gasteiger partial charge in [-0.3, -0.25) is 9.48 Å². The van der Waals surface area contributed by atoms with E-state index < -0.39 is 23.1 Å². The SMILES string of the molecule is Cc1noc(-c2nn(C)c3c2CN(C(=O)c2c(F)cccc2F)CC3)n1. The number of carbonyl (C=O) groups is 1. The van der Waals surface area contributed by atoms with Gasteiger partial charge < -0.3 is 9.42 Å². The molecule has 9 heteroatoms. The second-order valence-electron chi connectivity index (χ2n) is 6.12. The van der Waals surface area contributed by atoms with Gasteiger partial charge in [-0.05, 0) is 19.1 Å². The first kappa shape index (κ1) is 16.4. The highest BCUT2D eigenvalue weighted by Gasteiger charge is 2.31. The lowest BCUT2D eigenvalue weighted by molar-refractivity contribution is 0.0723. The summed E-state index contributed by atoms with van der Waals surface area (Å²) in [6, 6.07) is 3.37. The van der Waals surface area contributed by atoms with Crippen molar-refractivity contribution in [3.63, 3.8) is 0 Å². The summed E-state index contributed by atoms with van der Waals surface area (Å²) in [7, 11) is 1.79. The number of hydrogen-bond acceptors (Lipinski definition) is 5. The number of fused-ring (bicyclic) bond motifs is 1. The molecule has 4 rings (SSSR count). The summed E-state index contributed by atoms with van der Waals surface area (Å²) in [6.45, 7) is 2.19. The minimum atomic E-state index is -0.875. The van der Waals surface area contributed by atoms with Gasteiger partial charge in [0, 0.05) is 31.3 Å². The van der Waals surface area contributed by atoms with Crippen molar-refractivity contribution in [3.8, 4) is 11.6 Å². The largest absolute Gasteiger partial charge is 0.334 e. The fraction of sp³-hybridized carbons (Fsp3) is 0.294. The molecule has 0 atom stereocenters. The Bertz CT molecular complexity index is 990. The molecular formula is C17H15F2N5O2. The predicted molar refractivity (Wildman–Crippen MR) is 86.0 cm³/mol. The highest BCUT2D eigenvalue weighted by molar-refractivity contribution is 5.95. The molecule has 0 radical (unpaired) electrons. The summed E-state index contributed by atoms with van der Waals surface area (Å²) in [5, 5.41) is 8.17. The quantitative estimate of drug-likeness (QED) is 0.701. The van der Waals surface area contributed by atoms with Crippen LogP contribution < -0.4 is 0 Å². The highest BCUT2D eigenvalue weighted by atomic mass is 19.1. The van der Waals surface area contributed by atoms with E-state index in [1.54, 1.807) is 18.7 Å². The number of aromatic nitrogens is 4. The smallest absolute Gasteiger partial charge is 0.278 e. The lowest BCUT2D eigenvalue weighted by atomic mass is 10.0. The van der Waals surface area contributed by atoms with E-state index in [2.05, 4.69) is 15.2 Å². The van der Waals surface area contributed by atoms with Crippen LogP contribution in [0.2, 0.25) is 0 Å². The van der Waals surface area contributed by atoms with E-state index in [4.69, 9.17) is 4.52 Å². The van der Waals surface area contributed by atoms with Gasteiger partial charge >= 0.3 is 0 Å². The molecule has 0 fully saturated rings. The van der Waals surface area contributed by atoms with Crippen LogP contribution in [-0.4, -0.2) is 37.3 Å². The maximum Gasteiger partial charge on any atom is 0.278 e. The predicted octanol–water partition coefficient (Wildman–Crippen LogP) is 2.26. The van der Waals surface area contributed by atoms with Crippen LogP contribution in [0.3, 0.4) is 0 Å². The Kier molecular flexibility index (Phi) is 3.78. The molecule has 26 heavy (non-hydrogen) atoms. The standard InChI is InChI=1S/C17H15F2N5O2/c1-9-20-16(26-22-9)15-10-8-24(7-6-13(10)23(2)21-15)17(25)14-11(18)4-3-5-12(14)19/h3-5H,6-8H2,1-2H3. The molecule has 1 aliphatic heterocycles. The molecule has 1 amide bonds. The van der Waals surface area contributed by atoms with E-state index in [9.17, 15) is 13.6 Å². The van der Waals surface area contributed by atoms with Gasteiger partial charge in [-0.2, -0.15) is 10.1 Å². The molecule has 0 saturated carbocycles. The van der Waals surface area contributed by atoms with Gasteiger partial charge in [0.25, 0.3) is 11.8 Å². The van der Waals surface area contributed by atoms with Crippen LogP contribution in [0.5, 0.6) is 0 Å². The van der Waals surface area contributed by atoms with Crippen molar-refractivity contribution in [2.45, 2.75) is 19.9 Å². The molecule has 3 heterocycles. The summed E-state index contributed by atoms with van der Waals surface area (Å²) in [5.41, 5.74) is 1.60. The van der Waals surface area contributed by atoms with E-state index in [0.717, 1.165) is 23.4 Å². The number of rotatable bonds is 2. The highest BCUT2D eigenvalue weighted by Crippen LogP contribution is 2.30. The van der Waals surface area contributed by atoms with E-state index in [0.29, 0.717) is 24.5 Å². The van der Waals surface area contributed by atoms with Gasteiger partial charge in [0.05, 0.1) is 6.54 Å². The summed E-state index contributed by atoms with van der Waals surface area (Å²) in [6.07, 6.45) is 0.508. The third-order valence-electron chi connectivity index (χ3n) is 4.44. The number of halogens is 2. The second kappa shape index (κ2) is 6.01. The number of amides is 1. The van der Waals surface area contributed by atoms with Gasteiger partial charge in [0.15, 0.2) is 11.5 Å². The summed E-state index contributed by atoms with van der Waals surface area (Å²) < 4.78 is 34.8. The normalized spacial score (nSPS) is 13.8. The molecule has 0 spiro atoms. The molecular weight excluding hydrogens is 344 g/mol. The second-order valence-corrected chi connectivity index (χ2v) is 6.12. The van der Waals surface area contributed by atoms with Crippen LogP contribution in [0, 0.1) is 18.6 Å². The monoisotopic (exact) mass is 359 g/mol. The van der Waals surface area contributed by atoms with Crippen LogP contribution in [-0.2, 0) is 20.0 Å². The Balaban J connectivity index is 1.71. The van der Waals surface area contributed by atoms with Gasteiger partial charge in [-0.1, -0.05) is 11.2 Å². The molecule has 0 aliphatic carbocycles. The average molecular weight is 359 g/mol. The number of aryl methyl sites for hydroxylation is 2. The van der Waals surface area contributed by atoms with Gasteiger partial charge in [-0.25, -0.2) is 8.78 Å². The Labute approximate surface area is 147 Å². The van der Waals surface area contributed by atoms with Gasteiger partial charge in [0.2, 0.25) is 0 Å². The van der Waals surface area contributed by atoms with E-state index >= 15 is 0 Å². The molecule has 1 aliphatic rings. The topological polar surface area (TPSA) is 77.0 Å². The van der Waals surface area contributed by atoms with Crippen molar-refractivity contribution in [1.82, 2.24) is 24.8 Å². The van der Waals surface area contributed by atoms with Crippen molar-refractivity contribution in [3.05, 3.63) is 52.5 Å². The molecule has 2 aromatic heterocycles. The summed E-state index contributed by atoms with van der Waals surface area (Å²) in [5.74, 6) is -1.72. The molecule has 0 saturated heterocycles. The van der Waals surface area contributed by atoms with Gasteiger partial charge in [-0.15, -0.1) is 0 Å². The number of hydrogen-bond donors (Lipinski definition) is 0. The first-order chi connectivity index (χ1) is 12.5. The molecule has 0 N–H and O–H groups in total. The fourth-order valence-corrected chi connectivity index (χ4v) is 3.19. The Morgan fingerprint density at radius 2 is 2.00 bits per heavy atom. The first-order valence-electron chi connectivity index (χ1n) is 8.04.